The molecular weight excluding hydrogens is 337 g/mol. The van der Waals surface area contributed by atoms with Gasteiger partial charge in [-0.15, -0.1) is 0 Å². The number of aromatic nitrogens is 1. The van der Waals surface area contributed by atoms with Crippen LogP contribution in [0.5, 0.6) is 0 Å². The molecule has 132 valence electrons. The summed E-state index contributed by atoms with van der Waals surface area (Å²) < 4.78 is 15.0. The molecule has 0 saturated heterocycles. The SMILES string of the molecule is O=c1ccc(-c2ccc(F)cc2)cn1C(c1ccccc1)c1ccccc1. The van der Waals surface area contributed by atoms with E-state index in [1.807, 2.05) is 66.9 Å². The van der Waals surface area contributed by atoms with E-state index < -0.39 is 0 Å². The predicted octanol–water partition coefficient (Wildman–Crippen LogP) is 5.29. The highest BCUT2D eigenvalue weighted by atomic mass is 19.1. The molecule has 1 heterocycles. The van der Waals surface area contributed by atoms with Gasteiger partial charge < -0.3 is 4.57 Å². The summed E-state index contributed by atoms with van der Waals surface area (Å²) in [6.45, 7) is 0. The lowest BCUT2D eigenvalue weighted by atomic mass is 9.97. The Morgan fingerprint density at radius 3 is 1.70 bits per heavy atom. The Balaban J connectivity index is 1.89. The van der Waals surface area contributed by atoms with E-state index in [2.05, 4.69) is 0 Å². The van der Waals surface area contributed by atoms with E-state index in [1.54, 1.807) is 28.8 Å². The zero-order chi connectivity index (χ0) is 18.6. The topological polar surface area (TPSA) is 22.0 Å². The lowest BCUT2D eigenvalue weighted by Crippen LogP contribution is -2.25. The van der Waals surface area contributed by atoms with Crippen LogP contribution in [-0.4, -0.2) is 4.57 Å². The van der Waals surface area contributed by atoms with Crippen molar-refractivity contribution >= 4 is 0 Å². The van der Waals surface area contributed by atoms with Crippen molar-refractivity contribution in [1.82, 2.24) is 4.57 Å². The summed E-state index contributed by atoms with van der Waals surface area (Å²) in [6.07, 6.45) is 1.85. The van der Waals surface area contributed by atoms with Crippen LogP contribution in [0.25, 0.3) is 11.1 Å². The van der Waals surface area contributed by atoms with E-state index in [0.29, 0.717) is 0 Å². The van der Waals surface area contributed by atoms with Crippen LogP contribution in [0.2, 0.25) is 0 Å². The second kappa shape index (κ2) is 7.42. The number of nitrogens with zero attached hydrogens (tertiary/aromatic N) is 1. The van der Waals surface area contributed by atoms with Crippen LogP contribution in [0.1, 0.15) is 17.2 Å². The fourth-order valence-corrected chi connectivity index (χ4v) is 3.30. The molecular formula is C24H18FNO. The molecule has 0 amide bonds. The van der Waals surface area contributed by atoms with E-state index in [-0.39, 0.29) is 17.4 Å². The molecule has 1 aromatic heterocycles. The smallest absolute Gasteiger partial charge is 0.251 e. The number of benzene rings is 3. The molecule has 4 rings (SSSR count). The standard InChI is InChI=1S/C24H18FNO/c25-22-14-11-18(12-15-22)21-13-16-23(27)26(17-21)24(19-7-3-1-4-8-19)20-9-5-2-6-10-20/h1-17,24H. The van der Waals surface area contributed by atoms with Gasteiger partial charge in [-0.3, -0.25) is 4.79 Å². The molecule has 0 unspecified atom stereocenters. The van der Waals surface area contributed by atoms with E-state index >= 15 is 0 Å². The van der Waals surface area contributed by atoms with Gasteiger partial charge in [0.15, 0.2) is 0 Å². The maximum absolute atomic E-state index is 13.3. The first kappa shape index (κ1) is 17.0. The van der Waals surface area contributed by atoms with Gasteiger partial charge in [0, 0.05) is 12.3 Å². The van der Waals surface area contributed by atoms with Gasteiger partial charge >= 0.3 is 0 Å². The minimum absolute atomic E-state index is 0.0847. The lowest BCUT2D eigenvalue weighted by molar-refractivity contribution is 0.628. The van der Waals surface area contributed by atoms with Gasteiger partial charge in [0.05, 0.1) is 6.04 Å². The molecule has 2 nitrogen and oxygen atoms in total. The predicted molar refractivity (Wildman–Crippen MR) is 106 cm³/mol. The zero-order valence-corrected chi connectivity index (χ0v) is 14.6. The Morgan fingerprint density at radius 1 is 0.630 bits per heavy atom. The molecule has 0 aliphatic heterocycles. The van der Waals surface area contributed by atoms with E-state index in [1.165, 1.54) is 12.1 Å². The molecule has 0 bridgehead atoms. The first-order valence-electron chi connectivity index (χ1n) is 8.80. The van der Waals surface area contributed by atoms with E-state index in [4.69, 9.17) is 0 Å². The van der Waals surface area contributed by atoms with Crippen molar-refractivity contribution in [1.29, 1.82) is 0 Å². The van der Waals surface area contributed by atoms with E-state index in [9.17, 15) is 9.18 Å². The van der Waals surface area contributed by atoms with Crippen molar-refractivity contribution in [2.45, 2.75) is 6.04 Å². The quantitative estimate of drug-likeness (QED) is 0.487. The van der Waals surface area contributed by atoms with Crippen LogP contribution in [-0.2, 0) is 0 Å². The molecule has 3 aromatic carbocycles. The number of halogens is 1. The average molecular weight is 355 g/mol. The molecule has 0 radical (unpaired) electrons. The fraction of sp³-hybridized carbons (Fsp3) is 0.0417. The van der Waals surface area contributed by atoms with Crippen molar-refractivity contribution in [2.24, 2.45) is 0 Å². The highest BCUT2D eigenvalue weighted by Crippen LogP contribution is 2.27. The van der Waals surface area contributed by atoms with Crippen LogP contribution in [0.15, 0.2) is 108 Å². The van der Waals surface area contributed by atoms with Crippen molar-refractivity contribution in [3.63, 3.8) is 0 Å². The first-order chi connectivity index (χ1) is 13.2. The van der Waals surface area contributed by atoms with Gasteiger partial charge in [-0.05, 0) is 40.5 Å². The monoisotopic (exact) mass is 355 g/mol. The summed E-state index contributed by atoms with van der Waals surface area (Å²) in [4.78, 5) is 12.7. The van der Waals surface area contributed by atoms with Crippen LogP contribution >= 0.6 is 0 Å². The molecule has 0 atom stereocenters. The van der Waals surface area contributed by atoms with Crippen LogP contribution in [0, 0.1) is 5.82 Å². The normalized spacial score (nSPS) is 10.9. The number of pyridine rings is 1. The number of hydrogen-bond donors (Lipinski definition) is 0. The number of hydrogen-bond acceptors (Lipinski definition) is 1. The van der Waals surface area contributed by atoms with Gasteiger partial charge in [-0.1, -0.05) is 72.8 Å². The fourth-order valence-electron chi connectivity index (χ4n) is 3.30. The van der Waals surface area contributed by atoms with Crippen molar-refractivity contribution in [3.05, 3.63) is 131 Å². The summed E-state index contributed by atoms with van der Waals surface area (Å²) in [7, 11) is 0. The van der Waals surface area contributed by atoms with Crippen molar-refractivity contribution < 1.29 is 4.39 Å². The Morgan fingerprint density at radius 2 is 1.15 bits per heavy atom. The highest BCUT2D eigenvalue weighted by molar-refractivity contribution is 5.62. The maximum Gasteiger partial charge on any atom is 0.251 e. The summed E-state index contributed by atoms with van der Waals surface area (Å²) in [5.41, 5.74) is 3.71. The van der Waals surface area contributed by atoms with Crippen molar-refractivity contribution in [3.8, 4) is 11.1 Å². The second-order valence-electron chi connectivity index (χ2n) is 6.39. The Kier molecular flexibility index (Phi) is 4.67. The minimum atomic E-state index is -0.279. The third kappa shape index (κ3) is 3.58. The largest absolute Gasteiger partial charge is 0.303 e. The molecule has 0 fully saturated rings. The zero-order valence-electron chi connectivity index (χ0n) is 14.6. The van der Waals surface area contributed by atoms with Gasteiger partial charge in [0.25, 0.3) is 5.56 Å². The summed E-state index contributed by atoms with van der Waals surface area (Å²) in [5.74, 6) is -0.279. The third-order valence-corrected chi connectivity index (χ3v) is 4.62. The minimum Gasteiger partial charge on any atom is -0.303 e. The highest BCUT2D eigenvalue weighted by Gasteiger charge is 2.17. The second-order valence-corrected chi connectivity index (χ2v) is 6.39. The number of rotatable bonds is 4. The molecule has 4 aromatic rings. The molecule has 3 heteroatoms. The molecule has 0 aliphatic rings. The third-order valence-electron chi connectivity index (χ3n) is 4.62. The van der Waals surface area contributed by atoms with Crippen LogP contribution in [0.3, 0.4) is 0 Å². The first-order valence-corrected chi connectivity index (χ1v) is 8.80. The average Bonchev–Trinajstić information content (AvgIpc) is 2.72. The van der Waals surface area contributed by atoms with Crippen LogP contribution in [0.4, 0.5) is 4.39 Å². The van der Waals surface area contributed by atoms with Gasteiger partial charge in [0.2, 0.25) is 0 Å². The van der Waals surface area contributed by atoms with Crippen LogP contribution < -0.4 is 5.56 Å². The van der Waals surface area contributed by atoms with E-state index in [0.717, 1.165) is 22.3 Å². The Hall–Kier alpha value is -3.46. The molecule has 0 spiro atoms. The molecule has 0 aliphatic carbocycles. The van der Waals surface area contributed by atoms with Gasteiger partial charge in [-0.2, -0.15) is 0 Å². The maximum atomic E-state index is 13.3. The van der Waals surface area contributed by atoms with Crippen molar-refractivity contribution in [2.75, 3.05) is 0 Å². The Labute approximate surface area is 157 Å². The Bertz CT molecular complexity index is 1050. The molecule has 27 heavy (non-hydrogen) atoms. The molecule has 0 saturated carbocycles. The summed E-state index contributed by atoms with van der Waals surface area (Å²) in [5, 5.41) is 0. The molecule has 0 N–H and O–H groups in total. The summed E-state index contributed by atoms with van der Waals surface area (Å²) in [6, 6.07) is 29.3. The lowest BCUT2D eigenvalue weighted by Gasteiger charge is -2.22. The summed E-state index contributed by atoms with van der Waals surface area (Å²) >= 11 is 0. The van der Waals surface area contributed by atoms with Gasteiger partial charge in [0.1, 0.15) is 5.82 Å². The van der Waals surface area contributed by atoms with Gasteiger partial charge in [-0.25, -0.2) is 4.39 Å².